The molecule has 1 rings (SSSR count). The Kier molecular flexibility index (Phi) is 3.69. The number of nitrogens with two attached hydrogens (primary N) is 1. The largest absolute Gasteiger partial charge is 0.504 e. The van der Waals surface area contributed by atoms with Gasteiger partial charge in [0.25, 0.3) is 15.8 Å². The van der Waals surface area contributed by atoms with E-state index in [1.807, 2.05) is 0 Å². The molecule has 0 aromatic heterocycles. The topological polar surface area (TPSA) is 156 Å². The molecule has 0 saturated heterocycles. The van der Waals surface area contributed by atoms with Crippen LogP contribution in [0.2, 0.25) is 0 Å². The van der Waals surface area contributed by atoms with E-state index >= 15 is 0 Å². The van der Waals surface area contributed by atoms with Crippen LogP contribution in [0.15, 0.2) is 17.0 Å². The van der Waals surface area contributed by atoms with Crippen molar-refractivity contribution in [1.29, 1.82) is 0 Å². The van der Waals surface area contributed by atoms with Crippen LogP contribution in [-0.2, 0) is 10.1 Å². The minimum absolute atomic E-state index is 0.341. The number of nitro benzene ring substituents is 1. The third kappa shape index (κ3) is 3.03. The molecule has 0 amide bonds. The molecule has 0 fully saturated rings. The number of non-ortho nitro benzene ring substituents is 1. The van der Waals surface area contributed by atoms with Crippen LogP contribution >= 0.6 is 12.2 Å². The van der Waals surface area contributed by atoms with Gasteiger partial charge < -0.3 is 16.2 Å². The summed E-state index contributed by atoms with van der Waals surface area (Å²) in [6, 6.07) is 1.33. The molecule has 0 bridgehead atoms. The Morgan fingerprint density at radius 1 is 1.50 bits per heavy atom. The highest BCUT2D eigenvalue weighted by Gasteiger charge is 2.24. The van der Waals surface area contributed by atoms with Crippen molar-refractivity contribution in [3.05, 3.63) is 22.2 Å². The minimum atomic E-state index is -4.83. The Labute approximate surface area is 106 Å². The van der Waals surface area contributed by atoms with E-state index in [0.717, 1.165) is 6.07 Å². The highest BCUT2D eigenvalue weighted by molar-refractivity contribution is 7.86. The number of thiocarbonyl (C=S) groups is 1. The maximum atomic E-state index is 10.9. The first-order valence-electron chi connectivity index (χ1n) is 4.18. The van der Waals surface area contributed by atoms with Gasteiger partial charge in [0.2, 0.25) is 0 Å². The SMILES string of the molecule is NC(=S)Nc1cc([N+](=O)[O-])cc(S(=O)(=O)O)c1O. The van der Waals surface area contributed by atoms with E-state index in [0.29, 0.717) is 6.07 Å². The number of phenolic OH excluding ortho intramolecular Hbond substituents is 1. The zero-order valence-corrected chi connectivity index (χ0v) is 10.2. The second-order valence-electron chi connectivity index (χ2n) is 3.06. The molecule has 11 heteroatoms. The normalized spacial score (nSPS) is 10.9. The Hall–Kier alpha value is -1.98. The molecular formula is C7H7N3O6S2. The molecule has 18 heavy (non-hydrogen) atoms. The van der Waals surface area contributed by atoms with E-state index in [2.05, 4.69) is 17.5 Å². The van der Waals surface area contributed by atoms with Crippen LogP contribution in [-0.4, -0.2) is 28.1 Å². The molecule has 98 valence electrons. The van der Waals surface area contributed by atoms with E-state index in [4.69, 9.17) is 10.3 Å². The highest BCUT2D eigenvalue weighted by atomic mass is 32.2. The molecule has 5 N–H and O–H groups in total. The first kappa shape index (κ1) is 14.1. The molecule has 1 aromatic carbocycles. The lowest BCUT2D eigenvalue weighted by molar-refractivity contribution is -0.385. The third-order valence-corrected chi connectivity index (χ3v) is 2.78. The number of hydrogen-bond acceptors (Lipinski definition) is 6. The highest BCUT2D eigenvalue weighted by Crippen LogP contribution is 2.35. The zero-order chi connectivity index (χ0) is 14.1. The van der Waals surface area contributed by atoms with Crippen LogP contribution in [0.3, 0.4) is 0 Å². The van der Waals surface area contributed by atoms with Crippen molar-refractivity contribution < 1.29 is 23.0 Å². The average molecular weight is 293 g/mol. The van der Waals surface area contributed by atoms with Crippen molar-refractivity contribution in [3.8, 4) is 5.75 Å². The lowest BCUT2D eigenvalue weighted by Crippen LogP contribution is -2.19. The maximum absolute atomic E-state index is 10.9. The van der Waals surface area contributed by atoms with E-state index in [9.17, 15) is 23.6 Å². The Morgan fingerprint density at radius 3 is 2.44 bits per heavy atom. The van der Waals surface area contributed by atoms with Crippen molar-refractivity contribution in [2.24, 2.45) is 5.73 Å². The summed E-state index contributed by atoms with van der Waals surface area (Å²) in [5.41, 5.74) is 4.04. The van der Waals surface area contributed by atoms with Crippen molar-refractivity contribution in [2.45, 2.75) is 4.90 Å². The zero-order valence-electron chi connectivity index (χ0n) is 8.52. The number of rotatable bonds is 3. The number of hydrogen-bond donors (Lipinski definition) is 4. The predicted molar refractivity (Wildman–Crippen MR) is 65.0 cm³/mol. The second-order valence-corrected chi connectivity index (χ2v) is 4.89. The molecule has 0 heterocycles. The summed E-state index contributed by atoms with van der Waals surface area (Å²) in [5.74, 6) is -0.920. The standard InChI is InChI=1S/C7H7N3O6S2/c8-7(17)9-4-1-3(10(12)13)2-5(6(4)11)18(14,15)16/h1-2,11H,(H3,8,9,17)(H,14,15,16). The monoisotopic (exact) mass is 293 g/mol. The van der Waals surface area contributed by atoms with Crippen molar-refractivity contribution in [1.82, 2.24) is 0 Å². The molecule has 0 unspecified atom stereocenters. The molecule has 0 spiro atoms. The van der Waals surface area contributed by atoms with Gasteiger partial charge in [0.1, 0.15) is 4.90 Å². The van der Waals surface area contributed by atoms with Gasteiger partial charge in [-0.25, -0.2) is 0 Å². The van der Waals surface area contributed by atoms with Crippen molar-refractivity contribution in [2.75, 3.05) is 5.32 Å². The van der Waals surface area contributed by atoms with Gasteiger partial charge in [0.05, 0.1) is 10.6 Å². The first-order chi connectivity index (χ1) is 8.12. The molecule has 0 atom stereocenters. The van der Waals surface area contributed by atoms with Crippen LogP contribution in [0.25, 0.3) is 0 Å². The van der Waals surface area contributed by atoms with Crippen molar-refractivity contribution in [3.63, 3.8) is 0 Å². The summed E-state index contributed by atoms with van der Waals surface area (Å²) < 4.78 is 30.7. The maximum Gasteiger partial charge on any atom is 0.298 e. The number of nitrogens with zero attached hydrogens (tertiary/aromatic N) is 1. The molecule has 9 nitrogen and oxygen atoms in total. The number of aromatic hydroxyl groups is 1. The molecule has 0 aliphatic carbocycles. The van der Waals surface area contributed by atoms with Gasteiger partial charge in [0.15, 0.2) is 10.9 Å². The summed E-state index contributed by atoms with van der Waals surface area (Å²) in [7, 11) is -4.83. The molecular weight excluding hydrogens is 286 g/mol. The van der Waals surface area contributed by atoms with Crippen LogP contribution in [0.5, 0.6) is 5.75 Å². The van der Waals surface area contributed by atoms with Crippen LogP contribution in [0.1, 0.15) is 0 Å². The number of benzene rings is 1. The Bertz CT molecular complexity index is 626. The van der Waals surface area contributed by atoms with Gasteiger partial charge in [-0.1, -0.05) is 0 Å². The van der Waals surface area contributed by atoms with E-state index < -0.39 is 37.1 Å². The number of anilines is 1. The lowest BCUT2D eigenvalue weighted by atomic mass is 10.2. The van der Waals surface area contributed by atoms with Gasteiger partial charge in [-0.3, -0.25) is 14.7 Å². The summed E-state index contributed by atoms with van der Waals surface area (Å²) in [6.07, 6.45) is 0. The van der Waals surface area contributed by atoms with E-state index in [-0.39, 0.29) is 5.11 Å². The van der Waals surface area contributed by atoms with Crippen LogP contribution < -0.4 is 11.1 Å². The van der Waals surface area contributed by atoms with Gasteiger partial charge in [0, 0.05) is 12.1 Å². The van der Waals surface area contributed by atoms with Crippen LogP contribution in [0.4, 0.5) is 11.4 Å². The van der Waals surface area contributed by atoms with Gasteiger partial charge in [-0.05, 0) is 12.2 Å². The molecule has 0 aliphatic rings. The fourth-order valence-electron chi connectivity index (χ4n) is 1.12. The first-order valence-corrected chi connectivity index (χ1v) is 6.03. The quantitative estimate of drug-likeness (QED) is 0.201. The van der Waals surface area contributed by atoms with Gasteiger partial charge in [-0.2, -0.15) is 8.42 Å². The van der Waals surface area contributed by atoms with E-state index in [1.54, 1.807) is 0 Å². The van der Waals surface area contributed by atoms with Gasteiger partial charge >= 0.3 is 0 Å². The molecule has 0 aliphatic heterocycles. The van der Waals surface area contributed by atoms with Crippen LogP contribution in [0, 0.1) is 10.1 Å². The Balaban J connectivity index is 3.58. The molecule has 0 saturated carbocycles. The van der Waals surface area contributed by atoms with Gasteiger partial charge in [-0.15, -0.1) is 0 Å². The summed E-state index contributed by atoms with van der Waals surface area (Å²) in [4.78, 5) is 8.66. The lowest BCUT2D eigenvalue weighted by Gasteiger charge is -2.09. The molecule has 0 radical (unpaired) electrons. The fraction of sp³-hybridized carbons (Fsp3) is 0. The summed E-state index contributed by atoms with van der Waals surface area (Å²) in [6.45, 7) is 0. The smallest absolute Gasteiger partial charge is 0.298 e. The second kappa shape index (κ2) is 4.72. The minimum Gasteiger partial charge on any atom is -0.504 e. The summed E-state index contributed by atoms with van der Waals surface area (Å²) in [5, 5.41) is 21.9. The molecule has 1 aromatic rings. The number of nitro groups is 1. The summed E-state index contributed by atoms with van der Waals surface area (Å²) >= 11 is 4.46. The Morgan fingerprint density at radius 2 is 2.06 bits per heavy atom. The number of phenols is 1. The third-order valence-electron chi connectivity index (χ3n) is 1.81. The number of nitrogens with one attached hydrogen (secondary N) is 1. The van der Waals surface area contributed by atoms with E-state index in [1.165, 1.54) is 0 Å². The predicted octanol–water partition coefficient (Wildman–Crippen LogP) is 0.203. The van der Waals surface area contributed by atoms with Crippen molar-refractivity contribution >= 4 is 38.8 Å². The fourth-order valence-corrected chi connectivity index (χ4v) is 1.86. The average Bonchev–Trinajstić information content (AvgIpc) is 2.18.